The van der Waals surface area contributed by atoms with Gasteiger partial charge in [-0.2, -0.15) is 0 Å². The average molecular weight is 364 g/mol. The third-order valence-electron chi connectivity index (χ3n) is 2.39. The van der Waals surface area contributed by atoms with Crippen molar-refractivity contribution in [2.75, 3.05) is 12.8 Å². The summed E-state index contributed by atoms with van der Waals surface area (Å²) >= 11 is 5.68. The number of hydrogen-bond acceptors (Lipinski definition) is 5. The number of benzene rings is 1. The maximum Gasteiger partial charge on any atom is 0.265 e. The number of sulfonamides is 1. The lowest BCUT2D eigenvalue weighted by molar-refractivity contribution is -0.000451. The molecule has 1 aromatic rings. The van der Waals surface area contributed by atoms with Crippen molar-refractivity contribution in [3.63, 3.8) is 0 Å². The van der Waals surface area contributed by atoms with Crippen LogP contribution in [0.2, 0.25) is 5.02 Å². The van der Waals surface area contributed by atoms with Crippen molar-refractivity contribution in [2.24, 2.45) is 0 Å². The fraction of sp³-hybridized carbons (Fsp3) is 0.400. The van der Waals surface area contributed by atoms with Gasteiger partial charge in [-0.1, -0.05) is 11.6 Å². The number of hydrogen-bond donors (Lipinski definition) is 2. The second kappa shape index (κ2) is 6.53. The first-order valence-electron chi connectivity index (χ1n) is 5.40. The topological polar surface area (TPSA) is 101 Å². The van der Waals surface area contributed by atoms with Gasteiger partial charge in [0.25, 0.3) is 6.43 Å². The molecule has 0 heterocycles. The van der Waals surface area contributed by atoms with Crippen LogP contribution in [0.5, 0.6) is 0 Å². The Labute approximate surface area is 125 Å². The van der Waals surface area contributed by atoms with E-state index in [1.807, 2.05) is 0 Å². The molecule has 21 heavy (non-hydrogen) atoms. The Kier molecular flexibility index (Phi) is 5.67. The number of alkyl halides is 2. The minimum atomic E-state index is -4.34. The van der Waals surface area contributed by atoms with Crippen molar-refractivity contribution in [2.45, 2.75) is 22.3 Å². The summed E-state index contributed by atoms with van der Waals surface area (Å²) in [6.07, 6.45) is -4.43. The van der Waals surface area contributed by atoms with E-state index in [9.17, 15) is 25.6 Å². The standard InChI is InChI=1S/C10H12ClF2NO5S2/c1-20(16,17)6-2-3-7(11)9(4-6)21(18,19)14-5-8(15)10(12)13/h2-4,8,10,14-15H,5H2,1H3. The van der Waals surface area contributed by atoms with Crippen LogP contribution in [-0.2, 0) is 19.9 Å². The van der Waals surface area contributed by atoms with E-state index in [-0.39, 0.29) is 9.92 Å². The van der Waals surface area contributed by atoms with Crippen LogP contribution in [0.4, 0.5) is 8.78 Å². The van der Waals surface area contributed by atoms with Crippen LogP contribution in [0.15, 0.2) is 28.0 Å². The predicted molar refractivity (Wildman–Crippen MR) is 71.8 cm³/mol. The van der Waals surface area contributed by atoms with Gasteiger partial charge in [-0.05, 0) is 18.2 Å². The van der Waals surface area contributed by atoms with Crippen LogP contribution >= 0.6 is 11.6 Å². The van der Waals surface area contributed by atoms with E-state index in [2.05, 4.69) is 0 Å². The smallest absolute Gasteiger partial charge is 0.265 e. The fourth-order valence-corrected chi connectivity index (χ4v) is 3.58. The Morgan fingerprint density at radius 2 is 1.86 bits per heavy atom. The summed E-state index contributed by atoms with van der Waals surface area (Å²) in [7, 11) is -8.01. The molecule has 0 amide bonds. The van der Waals surface area contributed by atoms with E-state index in [1.165, 1.54) is 0 Å². The summed E-state index contributed by atoms with van der Waals surface area (Å²) in [6, 6.07) is 3.00. The quantitative estimate of drug-likeness (QED) is 0.772. The molecule has 0 bridgehead atoms. The van der Waals surface area contributed by atoms with Gasteiger partial charge in [0, 0.05) is 12.8 Å². The summed E-state index contributed by atoms with van der Waals surface area (Å²) in [5.74, 6) is 0. The number of aliphatic hydroxyl groups excluding tert-OH is 1. The van der Waals surface area contributed by atoms with Crippen LogP contribution in [-0.4, -0.2) is 47.3 Å². The van der Waals surface area contributed by atoms with E-state index in [0.717, 1.165) is 24.5 Å². The lowest BCUT2D eigenvalue weighted by atomic mass is 10.4. The number of halogens is 3. The first-order chi connectivity index (χ1) is 9.45. The van der Waals surface area contributed by atoms with E-state index in [4.69, 9.17) is 16.7 Å². The Balaban J connectivity index is 3.14. The summed E-state index contributed by atoms with van der Waals surface area (Å²) in [5, 5.41) is 8.61. The van der Waals surface area contributed by atoms with Crippen molar-refractivity contribution in [1.82, 2.24) is 4.72 Å². The molecule has 1 aromatic carbocycles. The zero-order valence-corrected chi connectivity index (χ0v) is 13.0. The maximum absolute atomic E-state index is 12.1. The highest BCUT2D eigenvalue weighted by Crippen LogP contribution is 2.24. The van der Waals surface area contributed by atoms with Gasteiger partial charge in [0.2, 0.25) is 10.0 Å². The fourth-order valence-electron chi connectivity index (χ4n) is 1.28. The molecule has 0 aliphatic carbocycles. The van der Waals surface area contributed by atoms with Gasteiger partial charge in [0.15, 0.2) is 9.84 Å². The van der Waals surface area contributed by atoms with Gasteiger partial charge in [-0.3, -0.25) is 0 Å². The molecule has 1 unspecified atom stereocenters. The van der Waals surface area contributed by atoms with Crippen LogP contribution < -0.4 is 4.72 Å². The lowest BCUT2D eigenvalue weighted by Gasteiger charge is -2.12. The highest BCUT2D eigenvalue weighted by Gasteiger charge is 2.24. The summed E-state index contributed by atoms with van der Waals surface area (Å²) < 4.78 is 72.6. The number of nitrogens with one attached hydrogen (secondary N) is 1. The minimum absolute atomic E-state index is 0.276. The molecule has 0 aliphatic heterocycles. The molecule has 6 nitrogen and oxygen atoms in total. The molecule has 0 saturated carbocycles. The van der Waals surface area contributed by atoms with Crippen LogP contribution in [0.1, 0.15) is 0 Å². The van der Waals surface area contributed by atoms with Crippen molar-refractivity contribution >= 4 is 31.5 Å². The first-order valence-corrected chi connectivity index (χ1v) is 9.16. The average Bonchev–Trinajstić information content (AvgIpc) is 2.34. The molecule has 1 atom stereocenters. The SMILES string of the molecule is CS(=O)(=O)c1ccc(Cl)c(S(=O)(=O)NCC(O)C(F)F)c1. The molecule has 2 N–H and O–H groups in total. The van der Waals surface area contributed by atoms with E-state index < -0.39 is 43.8 Å². The number of rotatable bonds is 6. The molecule has 0 aliphatic rings. The van der Waals surface area contributed by atoms with E-state index in [0.29, 0.717) is 0 Å². The van der Waals surface area contributed by atoms with E-state index >= 15 is 0 Å². The van der Waals surface area contributed by atoms with Crippen molar-refractivity contribution in [1.29, 1.82) is 0 Å². The Hall–Kier alpha value is -0.810. The van der Waals surface area contributed by atoms with Gasteiger partial charge >= 0.3 is 0 Å². The van der Waals surface area contributed by atoms with Crippen LogP contribution in [0, 0.1) is 0 Å². The Morgan fingerprint density at radius 1 is 1.29 bits per heavy atom. The molecule has 0 saturated heterocycles. The second-order valence-corrected chi connectivity index (χ2v) is 8.28. The zero-order chi connectivity index (χ0) is 16.4. The third kappa shape index (κ3) is 4.85. The van der Waals surface area contributed by atoms with Gasteiger partial charge < -0.3 is 5.11 Å². The van der Waals surface area contributed by atoms with Gasteiger partial charge in [-0.15, -0.1) is 0 Å². The number of sulfone groups is 1. The van der Waals surface area contributed by atoms with Crippen LogP contribution in [0.3, 0.4) is 0 Å². The molecular weight excluding hydrogens is 352 g/mol. The van der Waals surface area contributed by atoms with E-state index in [1.54, 1.807) is 4.72 Å². The minimum Gasteiger partial charge on any atom is -0.386 e. The molecule has 0 radical (unpaired) electrons. The molecule has 0 aromatic heterocycles. The van der Waals surface area contributed by atoms with Crippen LogP contribution in [0.25, 0.3) is 0 Å². The van der Waals surface area contributed by atoms with Gasteiger partial charge in [0.05, 0.1) is 9.92 Å². The second-order valence-electron chi connectivity index (χ2n) is 4.12. The molecule has 1 rings (SSSR count). The molecular formula is C10H12ClF2NO5S2. The molecule has 0 spiro atoms. The molecule has 11 heteroatoms. The number of aliphatic hydroxyl groups is 1. The van der Waals surface area contributed by atoms with Crippen molar-refractivity contribution in [3.05, 3.63) is 23.2 Å². The van der Waals surface area contributed by atoms with Gasteiger partial charge in [-0.25, -0.2) is 30.3 Å². The normalized spacial score (nSPS) is 14.4. The molecule has 120 valence electrons. The monoisotopic (exact) mass is 363 g/mol. The predicted octanol–water partition coefficient (Wildman–Crippen LogP) is 0.648. The Bertz CT molecular complexity index is 721. The van der Waals surface area contributed by atoms with Crippen molar-refractivity contribution in [3.8, 4) is 0 Å². The third-order valence-corrected chi connectivity index (χ3v) is 5.41. The summed E-state index contributed by atoms with van der Waals surface area (Å²) in [4.78, 5) is -0.866. The highest BCUT2D eigenvalue weighted by atomic mass is 35.5. The highest BCUT2D eigenvalue weighted by molar-refractivity contribution is 7.91. The first kappa shape index (κ1) is 18.2. The van der Waals surface area contributed by atoms with Crippen molar-refractivity contribution < 1.29 is 30.7 Å². The molecule has 0 fully saturated rings. The maximum atomic E-state index is 12.1. The lowest BCUT2D eigenvalue weighted by Crippen LogP contribution is -2.36. The summed E-state index contributed by atoms with van der Waals surface area (Å²) in [5.41, 5.74) is 0. The Morgan fingerprint density at radius 3 is 2.33 bits per heavy atom. The summed E-state index contributed by atoms with van der Waals surface area (Å²) in [6.45, 7) is -0.931. The largest absolute Gasteiger partial charge is 0.386 e. The van der Waals surface area contributed by atoms with Gasteiger partial charge in [0.1, 0.15) is 11.0 Å². The zero-order valence-electron chi connectivity index (χ0n) is 10.6.